The minimum Gasteiger partial charge on any atom is -0.450 e. The van der Waals surface area contributed by atoms with Crippen molar-refractivity contribution >= 4 is 40.7 Å². The molecule has 0 fully saturated rings. The van der Waals surface area contributed by atoms with Crippen molar-refractivity contribution < 1.29 is 18.7 Å². The van der Waals surface area contributed by atoms with Crippen LogP contribution in [0.5, 0.6) is 0 Å². The normalized spacial score (nSPS) is 10.7. The number of hydrogen-bond acceptors (Lipinski definition) is 7. The van der Waals surface area contributed by atoms with E-state index in [1.165, 1.54) is 40.3 Å². The molecule has 2 heterocycles. The number of amides is 1. The first-order valence-corrected chi connectivity index (χ1v) is 11.5. The molecule has 0 aliphatic heterocycles. The number of carbonyl (C=O) groups excluding carboxylic acids is 2. The molecular formula is C22H17FN4O3S2. The number of aromatic nitrogens is 3. The number of nitrogens with one attached hydrogen (secondary N) is 1. The summed E-state index contributed by atoms with van der Waals surface area (Å²) in [6, 6.07) is 16.7. The second kappa shape index (κ2) is 9.75. The van der Waals surface area contributed by atoms with Gasteiger partial charge in [-0.3, -0.25) is 4.79 Å². The molecule has 0 atom stereocenters. The molecule has 7 nitrogen and oxygen atoms in total. The van der Waals surface area contributed by atoms with Crippen molar-refractivity contribution in [1.29, 1.82) is 0 Å². The van der Waals surface area contributed by atoms with Gasteiger partial charge in [-0.05, 0) is 60.2 Å². The SMILES string of the molecule is CSc1cccc(NC(=O)COC(=O)c2nc(-c3cccs3)n(-c3ccc(F)cc3)n2)c1. The largest absolute Gasteiger partial charge is 0.450 e. The number of carbonyl (C=O) groups is 2. The number of ether oxygens (including phenoxy) is 1. The van der Waals surface area contributed by atoms with E-state index < -0.39 is 18.5 Å². The molecule has 0 radical (unpaired) electrons. The summed E-state index contributed by atoms with van der Waals surface area (Å²) >= 11 is 2.97. The van der Waals surface area contributed by atoms with Crippen LogP contribution in [0, 0.1) is 5.82 Å². The summed E-state index contributed by atoms with van der Waals surface area (Å²) in [5, 5.41) is 8.78. The Labute approximate surface area is 191 Å². The third kappa shape index (κ3) is 5.04. The molecule has 4 aromatic rings. The van der Waals surface area contributed by atoms with E-state index in [0.29, 0.717) is 17.2 Å². The number of esters is 1. The van der Waals surface area contributed by atoms with E-state index >= 15 is 0 Å². The summed E-state index contributed by atoms with van der Waals surface area (Å²) in [5.41, 5.74) is 1.14. The number of rotatable bonds is 7. The number of anilines is 1. The van der Waals surface area contributed by atoms with Crippen LogP contribution in [0.4, 0.5) is 10.1 Å². The van der Waals surface area contributed by atoms with Crippen LogP contribution in [0.25, 0.3) is 16.4 Å². The minimum absolute atomic E-state index is 0.199. The monoisotopic (exact) mass is 468 g/mol. The van der Waals surface area contributed by atoms with Gasteiger partial charge in [-0.2, -0.15) is 4.98 Å². The van der Waals surface area contributed by atoms with Gasteiger partial charge in [0.25, 0.3) is 11.7 Å². The van der Waals surface area contributed by atoms with Crippen LogP contribution < -0.4 is 5.32 Å². The number of thioether (sulfide) groups is 1. The highest BCUT2D eigenvalue weighted by molar-refractivity contribution is 7.98. The molecule has 0 aliphatic carbocycles. The van der Waals surface area contributed by atoms with E-state index in [1.807, 2.05) is 42.0 Å². The molecule has 0 saturated carbocycles. The van der Waals surface area contributed by atoms with Gasteiger partial charge in [0.1, 0.15) is 5.82 Å². The van der Waals surface area contributed by atoms with Crippen LogP contribution in [0.3, 0.4) is 0 Å². The van der Waals surface area contributed by atoms with Gasteiger partial charge in [0, 0.05) is 10.6 Å². The van der Waals surface area contributed by atoms with Gasteiger partial charge in [-0.25, -0.2) is 13.9 Å². The molecule has 1 N–H and O–H groups in total. The summed E-state index contributed by atoms with van der Waals surface area (Å²) in [6.45, 7) is -0.484. The fraction of sp³-hybridized carbons (Fsp3) is 0.0909. The Kier molecular flexibility index (Phi) is 6.62. The van der Waals surface area contributed by atoms with Gasteiger partial charge in [0.2, 0.25) is 0 Å². The van der Waals surface area contributed by atoms with E-state index in [9.17, 15) is 14.0 Å². The fourth-order valence-electron chi connectivity index (χ4n) is 2.82. The van der Waals surface area contributed by atoms with Crippen LogP contribution >= 0.6 is 23.1 Å². The maximum absolute atomic E-state index is 13.3. The Bertz CT molecular complexity index is 1240. The molecule has 2 aromatic heterocycles. The average molecular weight is 469 g/mol. The van der Waals surface area contributed by atoms with Gasteiger partial charge in [-0.15, -0.1) is 28.2 Å². The van der Waals surface area contributed by atoms with E-state index in [2.05, 4.69) is 15.4 Å². The quantitative estimate of drug-likeness (QED) is 0.314. The van der Waals surface area contributed by atoms with Gasteiger partial charge in [0.05, 0.1) is 10.6 Å². The molecule has 0 aliphatic rings. The highest BCUT2D eigenvalue weighted by atomic mass is 32.2. The van der Waals surface area contributed by atoms with Gasteiger partial charge in [0.15, 0.2) is 12.4 Å². The molecule has 162 valence electrons. The first-order chi connectivity index (χ1) is 15.5. The summed E-state index contributed by atoms with van der Waals surface area (Å²) in [7, 11) is 0. The Morgan fingerprint density at radius 1 is 1.16 bits per heavy atom. The van der Waals surface area contributed by atoms with Crippen molar-refractivity contribution in [2.24, 2.45) is 0 Å². The van der Waals surface area contributed by atoms with Gasteiger partial charge < -0.3 is 10.1 Å². The Hall–Kier alpha value is -3.50. The van der Waals surface area contributed by atoms with Crippen molar-refractivity contribution in [2.45, 2.75) is 4.90 Å². The minimum atomic E-state index is -0.836. The van der Waals surface area contributed by atoms with Crippen molar-refractivity contribution in [1.82, 2.24) is 14.8 Å². The molecule has 4 rings (SSSR count). The maximum Gasteiger partial charge on any atom is 0.378 e. The van der Waals surface area contributed by atoms with Crippen molar-refractivity contribution in [2.75, 3.05) is 18.2 Å². The van der Waals surface area contributed by atoms with Gasteiger partial charge in [-0.1, -0.05) is 12.1 Å². The topological polar surface area (TPSA) is 86.1 Å². The third-order valence-electron chi connectivity index (χ3n) is 4.29. The molecule has 0 saturated heterocycles. The third-order valence-corrected chi connectivity index (χ3v) is 5.88. The summed E-state index contributed by atoms with van der Waals surface area (Å²) in [6.07, 6.45) is 1.94. The lowest BCUT2D eigenvalue weighted by Crippen LogP contribution is -2.21. The predicted octanol–water partition coefficient (Wildman–Crippen LogP) is 4.65. The zero-order valence-electron chi connectivity index (χ0n) is 16.8. The smallest absolute Gasteiger partial charge is 0.378 e. The van der Waals surface area contributed by atoms with Crippen LogP contribution in [0.1, 0.15) is 10.6 Å². The number of thiophene rings is 1. The van der Waals surface area contributed by atoms with Crippen LogP contribution in [-0.2, 0) is 9.53 Å². The number of nitrogens with zero attached hydrogens (tertiary/aromatic N) is 3. The average Bonchev–Trinajstić information content (AvgIpc) is 3.48. The highest BCUT2D eigenvalue weighted by Crippen LogP contribution is 2.26. The standard InChI is InChI=1S/C22H17FN4O3S2/c1-31-17-5-2-4-15(12-17)24-19(28)13-30-22(29)20-25-21(18-6-3-11-32-18)27(26-20)16-9-7-14(23)8-10-16/h2-12H,13H2,1H3,(H,24,28). The van der Waals surface area contributed by atoms with Crippen LogP contribution in [-0.4, -0.2) is 39.5 Å². The first kappa shape index (κ1) is 21.7. The van der Waals surface area contributed by atoms with E-state index in [4.69, 9.17) is 4.74 Å². The lowest BCUT2D eigenvalue weighted by molar-refractivity contribution is -0.119. The van der Waals surface area contributed by atoms with Crippen LogP contribution in [0.15, 0.2) is 70.9 Å². The number of halogens is 1. The first-order valence-electron chi connectivity index (χ1n) is 9.41. The molecule has 0 spiro atoms. The Morgan fingerprint density at radius 2 is 1.97 bits per heavy atom. The van der Waals surface area contributed by atoms with Crippen molar-refractivity contribution in [3.05, 3.63) is 77.7 Å². The maximum atomic E-state index is 13.3. The van der Waals surface area contributed by atoms with E-state index in [1.54, 1.807) is 17.8 Å². The summed E-state index contributed by atoms with van der Waals surface area (Å²) < 4.78 is 19.9. The molecular weight excluding hydrogens is 451 g/mol. The Morgan fingerprint density at radius 3 is 2.69 bits per heavy atom. The highest BCUT2D eigenvalue weighted by Gasteiger charge is 2.21. The van der Waals surface area contributed by atoms with Crippen molar-refractivity contribution in [3.8, 4) is 16.4 Å². The lowest BCUT2D eigenvalue weighted by Gasteiger charge is -2.06. The zero-order chi connectivity index (χ0) is 22.5. The van der Waals surface area contributed by atoms with Gasteiger partial charge >= 0.3 is 5.97 Å². The van der Waals surface area contributed by atoms with E-state index in [-0.39, 0.29) is 11.6 Å². The molecule has 0 bridgehead atoms. The number of hydrogen-bond donors (Lipinski definition) is 1. The van der Waals surface area contributed by atoms with E-state index in [0.717, 1.165) is 9.77 Å². The summed E-state index contributed by atoms with van der Waals surface area (Å²) in [4.78, 5) is 30.8. The second-order valence-electron chi connectivity index (χ2n) is 6.48. The molecule has 2 aromatic carbocycles. The molecule has 1 amide bonds. The number of benzene rings is 2. The summed E-state index contributed by atoms with van der Waals surface area (Å²) in [5.74, 6) is -1.49. The Balaban J connectivity index is 1.49. The molecule has 0 unspecified atom stereocenters. The molecule has 32 heavy (non-hydrogen) atoms. The van der Waals surface area contributed by atoms with Crippen LogP contribution in [0.2, 0.25) is 0 Å². The predicted molar refractivity (Wildman–Crippen MR) is 122 cm³/mol. The second-order valence-corrected chi connectivity index (χ2v) is 8.31. The zero-order valence-corrected chi connectivity index (χ0v) is 18.5. The molecule has 10 heteroatoms. The fourth-order valence-corrected chi connectivity index (χ4v) is 3.98. The lowest BCUT2D eigenvalue weighted by atomic mass is 10.3. The van der Waals surface area contributed by atoms with Crippen molar-refractivity contribution in [3.63, 3.8) is 0 Å².